The monoisotopic (exact) mass is 404 g/mol. The summed E-state index contributed by atoms with van der Waals surface area (Å²) in [6, 6.07) is 19.3. The van der Waals surface area contributed by atoms with E-state index in [9.17, 15) is 9.90 Å². The molecule has 0 saturated heterocycles. The van der Waals surface area contributed by atoms with E-state index in [2.05, 4.69) is 33.2 Å². The number of benzene rings is 2. The zero-order valence-electron chi connectivity index (χ0n) is 15.4. The largest absolute Gasteiger partial charge is 0.476 e. The van der Waals surface area contributed by atoms with Crippen LogP contribution in [-0.2, 0) is 13.0 Å². The molecular weight excluding hydrogens is 388 g/mol. The summed E-state index contributed by atoms with van der Waals surface area (Å²) in [5.41, 5.74) is 4.75. The standard InChI is InChI=1S/C22H17ClN4O2/c23-17-7-5-15(6-8-17)18-12-21(27-20(24-18)11-19(25-27)22(28)29)26-10-9-14-3-1-2-4-16(14)13-26/h1-8,11-12H,9-10,13H2,(H,28,29). The van der Waals surface area contributed by atoms with Gasteiger partial charge in [0.2, 0.25) is 0 Å². The number of hydrogen-bond donors (Lipinski definition) is 1. The third-order valence-corrected chi connectivity index (χ3v) is 5.47. The average molecular weight is 405 g/mol. The molecule has 0 unspecified atom stereocenters. The number of hydrogen-bond acceptors (Lipinski definition) is 4. The second-order valence-electron chi connectivity index (χ2n) is 7.05. The van der Waals surface area contributed by atoms with Crippen LogP contribution in [0.4, 0.5) is 5.82 Å². The minimum Gasteiger partial charge on any atom is -0.476 e. The number of fused-ring (bicyclic) bond motifs is 2. The number of nitrogens with zero attached hydrogens (tertiary/aromatic N) is 4. The maximum absolute atomic E-state index is 11.5. The Labute approximate surface area is 172 Å². The van der Waals surface area contributed by atoms with Crippen LogP contribution in [0.15, 0.2) is 60.7 Å². The van der Waals surface area contributed by atoms with Gasteiger partial charge in [-0.05, 0) is 29.7 Å². The lowest BCUT2D eigenvalue weighted by Crippen LogP contribution is -2.32. The normalized spacial score (nSPS) is 13.5. The smallest absolute Gasteiger partial charge is 0.356 e. The molecule has 0 spiro atoms. The molecule has 7 heteroatoms. The van der Waals surface area contributed by atoms with Crippen molar-refractivity contribution in [2.24, 2.45) is 0 Å². The Bertz CT molecular complexity index is 1230. The number of aromatic carboxylic acids is 1. The molecular formula is C22H17ClN4O2. The molecule has 0 saturated carbocycles. The minimum atomic E-state index is -1.07. The summed E-state index contributed by atoms with van der Waals surface area (Å²) >= 11 is 6.03. The van der Waals surface area contributed by atoms with Crippen molar-refractivity contribution in [1.82, 2.24) is 14.6 Å². The lowest BCUT2D eigenvalue weighted by Gasteiger charge is -2.31. The van der Waals surface area contributed by atoms with Gasteiger partial charge in [-0.15, -0.1) is 0 Å². The Morgan fingerprint density at radius 2 is 1.79 bits per heavy atom. The fourth-order valence-corrected chi connectivity index (χ4v) is 3.87. The Balaban J connectivity index is 1.66. The van der Waals surface area contributed by atoms with Gasteiger partial charge in [-0.3, -0.25) is 0 Å². The molecule has 2 aromatic heterocycles. The Kier molecular flexibility index (Phi) is 4.21. The highest BCUT2D eigenvalue weighted by Crippen LogP contribution is 2.29. The van der Waals surface area contributed by atoms with Crippen LogP contribution in [0.25, 0.3) is 16.9 Å². The summed E-state index contributed by atoms with van der Waals surface area (Å²) in [4.78, 5) is 18.3. The molecule has 1 aliphatic rings. The first-order valence-electron chi connectivity index (χ1n) is 9.30. The lowest BCUT2D eigenvalue weighted by molar-refractivity contribution is 0.0690. The molecule has 0 bridgehead atoms. The summed E-state index contributed by atoms with van der Waals surface area (Å²) in [5.74, 6) is -0.250. The van der Waals surface area contributed by atoms with E-state index in [1.165, 1.54) is 17.2 Å². The molecule has 144 valence electrons. The molecule has 1 N–H and O–H groups in total. The van der Waals surface area contributed by atoms with E-state index < -0.39 is 5.97 Å². The van der Waals surface area contributed by atoms with Crippen LogP contribution in [0.3, 0.4) is 0 Å². The van der Waals surface area contributed by atoms with Gasteiger partial charge in [-0.2, -0.15) is 9.61 Å². The van der Waals surface area contributed by atoms with E-state index in [4.69, 9.17) is 11.6 Å². The van der Waals surface area contributed by atoms with Gasteiger partial charge in [0.15, 0.2) is 11.3 Å². The first-order chi connectivity index (χ1) is 14.1. The summed E-state index contributed by atoms with van der Waals surface area (Å²) < 4.78 is 1.62. The van der Waals surface area contributed by atoms with Crippen molar-refractivity contribution in [2.45, 2.75) is 13.0 Å². The third-order valence-electron chi connectivity index (χ3n) is 5.22. The molecule has 0 atom stereocenters. The van der Waals surface area contributed by atoms with Crippen LogP contribution in [0.2, 0.25) is 5.02 Å². The summed E-state index contributed by atoms with van der Waals surface area (Å²) in [5, 5.41) is 14.3. The molecule has 0 fully saturated rings. The molecule has 6 nitrogen and oxygen atoms in total. The predicted octanol–water partition coefficient (Wildman–Crippen LogP) is 4.31. The Morgan fingerprint density at radius 3 is 2.55 bits per heavy atom. The minimum absolute atomic E-state index is 0.0237. The summed E-state index contributed by atoms with van der Waals surface area (Å²) in [6.07, 6.45) is 0.920. The van der Waals surface area contributed by atoms with Crippen LogP contribution < -0.4 is 4.90 Å². The molecule has 2 aromatic carbocycles. The molecule has 4 aromatic rings. The van der Waals surface area contributed by atoms with Crippen molar-refractivity contribution in [1.29, 1.82) is 0 Å². The number of anilines is 1. The number of carbonyl (C=O) groups is 1. The van der Waals surface area contributed by atoms with Gasteiger partial charge in [0.1, 0.15) is 5.82 Å². The predicted molar refractivity (Wildman–Crippen MR) is 112 cm³/mol. The first-order valence-corrected chi connectivity index (χ1v) is 9.68. The van der Waals surface area contributed by atoms with Crippen LogP contribution in [0.1, 0.15) is 21.6 Å². The van der Waals surface area contributed by atoms with Gasteiger partial charge in [-0.1, -0.05) is 48.0 Å². The molecule has 1 aliphatic heterocycles. The number of rotatable bonds is 3. The van der Waals surface area contributed by atoms with Gasteiger partial charge in [0.05, 0.1) is 5.69 Å². The second kappa shape index (κ2) is 6.90. The van der Waals surface area contributed by atoms with Crippen LogP contribution in [-0.4, -0.2) is 32.2 Å². The van der Waals surface area contributed by atoms with Gasteiger partial charge >= 0.3 is 5.97 Å². The average Bonchev–Trinajstić information content (AvgIpc) is 3.18. The highest BCUT2D eigenvalue weighted by Gasteiger charge is 2.22. The molecule has 0 amide bonds. The first kappa shape index (κ1) is 17.7. The maximum atomic E-state index is 11.5. The zero-order valence-corrected chi connectivity index (χ0v) is 16.2. The lowest BCUT2D eigenvalue weighted by atomic mass is 10.00. The van der Waals surface area contributed by atoms with Gasteiger partial charge in [-0.25, -0.2) is 9.78 Å². The second-order valence-corrected chi connectivity index (χ2v) is 7.49. The summed E-state index contributed by atoms with van der Waals surface area (Å²) in [7, 11) is 0. The number of carboxylic acids is 1. The molecule has 3 heterocycles. The molecule has 0 aliphatic carbocycles. The topological polar surface area (TPSA) is 70.7 Å². The Hall–Kier alpha value is -3.38. The van der Waals surface area contributed by atoms with Gasteiger partial charge in [0, 0.05) is 35.8 Å². The van der Waals surface area contributed by atoms with Crippen molar-refractivity contribution >= 4 is 29.0 Å². The fraction of sp³-hybridized carbons (Fsp3) is 0.136. The Morgan fingerprint density at radius 1 is 1.03 bits per heavy atom. The van der Waals surface area contributed by atoms with Gasteiger partial charge in [0.25, 0.3) is 0 Å². The zero-order chi connectivity index (χ0) is 20.0. The van der Waals surface area contributed by atoms with Crippen molar-refractivity contribution in [3.05, 3.63) is 82.5 Å². The van der Waals surface area contributed by atoms with Crippen molar-refractivity contribution in [3.63, 3.8) is 0 Å². The van der Waals surface area contributed by atoms with Gasteiger partial charge < -0.3 is 10.0 Å². The van der Waals surface area contributed by atoms with E-state index in [-0.39, 0.29) is 5.69 Å². The summed E-state index contributed by atoms with van der Waals surface area (Å²) in [6.45, 7) is 1.55. The van der Waals surface area contributed by atoms with E-state index in [1.807, 2.05) is 36.4 Å². The fourth-order valence-electron chi connectivity index (χ4n) is 3.75. The van der Waals surface area contributed by atoms with E-state index in [1.54, 1.807) is 4.52 Å². The van der Waals surface area contributed by atoms with Crippen molar-refractivity contribution in [2.75, 3.05) is 11.4 Å². The number of halogens is 1. The van der Waals surface area contributed by atoms with Crippen LogP contribution >= 0.6 is 11.6 Å². The van der Waals surface area contributed by atoms with E-state index in [0.717, 1.165) is 36.6 Å². The molecule has 5 rings (SSSR count). The van der Waals surface area contributed by atoms with Crippen molar-refractivity contribution < 1.29 is 9.90 Å². The molecule has 0 radical (unpaired) electrons. The number of aromatic nitrogens is 3. The van der Waals surface area contributed by atoms with E-state index >= 15 is 0 Å². The SMILES string of the molecule is O=C(O)c1cc2nc(-c3ccc(Cl)cc3)cc(N3CCc4ccccc4C3)n2n1. The maximum Gasteiger partial charge on any atom is 0.356 e. The quantitative estimate of drug-likeness (QED) is 0.551. The highest BCUT2D eigenvalue weighted by molar-refractivity contribution is 6.30. The van der Waals surface area contributed by atoms with Crippen LogP contribution in [0, 0.1) is 0 Å². The van der Waals surface area contributed by atoms with Crippen LogP contribution in [0.5, 0.6) is 0 Å². The highest BCUT2D eigenvalue weighted by atomic mass is 35.5. The van der Waals surface area contributed by atoms with Crippen molar-refractivity contribution in [3.8, 4) is 11.3 Å². The van der Waals surface area contributed by atoms with E-state index in [0.29, 0.717) is 10.7 Å². The molecule has 29 heavy (non-hydrogen) atoms. The third kappa shape index (κ3) is 3.21. The number of carboxylic acid groups (broad SMARTS) is 1.